The fraction of sp³-hybridized carbons (Fsp3) is 0.533. The van der Waals surface area contributed by atoms with Gasteiger partial charge in [-0.2, -0.15) is 0 Å². The zero-order chi connectivity index (χ0) is 13.8. The summed E-state index contributed by atoms with van der Waals surface area (Å²) in [5.74, 6) is 0.284. The van der Waals surface area contributed by atoms with Crippen LogP contribution in [0.5, 0.6) is 0 Å². The molecule has 2 N–H and O–H groups in total. The number of nitrogens with one attached hydrogen (secondary N) is 1. The maximum absolute atomic E-state index is 12.6. The summed E-state index contributed by atoms with van der Waals surface area (Å²) in [4.78, 5) is 14.5. The van der Waals surface area contributed by atoms with E-state index in [1.54, 1.807) is 0 Å². The molecule has 1 aromatic carbocycles. The summed E-state index contributed by atoms with van der Waals surface area (Å²) in [7, 11) is 1.83. The number of aryl methyl sites for hydroxylation is 1. The van der Waals surface area contributed by atoms with Gasteiger partial charge < -0.3 is 15.3 Å². The summed E-state index contributed by atoms with van der Waals surface area (Å²) >= 11 is 0. The van der Waals surface area contributed by atoms with Gasteiger partial charge in [0.1, 0.15) is 0 Å². The standard InChI is InChI=1S/C15H22N2O2/c1-11-5-6-14(16-2)13(8-11)15(19)17-7-3-4-12(9-17)10-18/h5-6,8,12,16,18H,3-4,7,9-10H2,1-2H3. The number of nitrogens with zero attached hydrogens (tertiary/aromatic N) is 1. The van der Waals surface area contributed by atoms with E-state index in [2.05, 4.69) is 5.32 Å². The number of hydrogen-bond donors (Lipinski definition) is 2. The highest BCUT2D eigenvalue weighted by Crippen LogP contribution is 2.22. The molecule has 1 saturated heterocycles. The molecule has 1 aliphatic rings. The second kappa shape index (κ2) is 6.06. The maximum atomic E-state index is 12.6. The number of carbonyl (C=O) groups excluding carboxylic acids is 1. The molecule has 4 nitrogen and oxygen atoms in total. The molecule has 1 atom stereocenters. The summed E-state index contributed by atoms with van der Waals surface area (Å²) in [6.07, 6.45) is 1.98. The lowest BCUT2D eigenvalue weighted by Crippen LogP contribution is -2.41. The van der Waals surface area contributed by atoms with E-state index in [0.29, 0.717) is 6.54 Å². The molecule has 4 heteroatoms. The quantitative estimate of drug-likeness (QED) is 0.874. The monoisotopic (exact) mass is 262 g/mol. The van der Waals surface area contributed by atoms with Gasteiger partial charge in [0.25, 0.3) is 5.91 Å². The van der Waals surface area contributed by atoms with Crippen molar-refractivity contribution < 1.29 is 9.90 Å². The average Bonchev–Trinajstić information content (AvgIpc) is 2.46. The normalized spacial score (nSPS) is 19.3. The molecule has 1 heterocycles. The number of aliphatic hydroxyl groups is 1. The van der Waals surface area contributed by atoms with Crippen LogP contribution >= 0.6 is 0 Å². The minimum atomic E-state index is 0.0613. The maximum Gasteiger partial charge on any atom is 0.255 e. The predicted octanol–water partition coefficient (Wildman–Crippen LogP) is 1.88. The number of anilines is 1. The van der Waals surface area contributed by atoms with Gasteiger partial charge >= 0.3 is 0 Å². The molecule has 2 rings (SSSR count). The highest BCUT2D eigenvalue weighted by molar-refractivity contribution is 5.99. The summed E-state index contributed by atoms with van der Waals surface area (Å²) in [6, 6.07) is 5.86. The number of rotatable bonds is 3. The van der Waals surface area contributed by atoms with Gasteiger partial charge in [-0.25, -0.2) is 0 Å². The van der Waals surface area contributed by atoms with E-state index in [0.717, 1.165) is 36.2 Å². The van der Waals surface area contributed by atoms with Crippen molar-refractivity contribution in [3.05, 3.63) is 29.3 Å². The number of amides is 1. The smallest absolute Gasteiger partial charge is 0.255 e. The van der Waals surface area contributed by atoms with E-state index in [1.807, 2.05) is 37.1 Å². The van der Waals surface area contributed by atoms with Gasteiger partial charge in [-0.1, -0.05) is 11.6 Å². The lowest BCUT2D eigenvalue weighted by atomic mass is 9.98. The summed E-state index contributed by atoms with van der Waals surface area (Å²) < 4.78 is 0. The molecular formula is C15H22N2O2. The van der Waals surface area contributed by atoms with Crippen molar-refractivity contribution in [3.63, 3.8) is 0 Å². The Morgan fingerprint density at radius 2 is 2.32 bits per heavy atom. The first-order valence-electron chi connectivity index (χ1n) is 6.84. The fourth-order valence-corrected chi connectivity index (χ4v) is 2.62. The van der Waals surface area contributed by atoms with E-state index in [9.17, 15) is 9.90 Å². The molecule has 1 unspecified atom stereocenters. The highest BCUT2D eigenvalue weighted by Gasteiger charge is 2.25. The molecule has 0 bridgehead atoms. The summed E-state index contributed by atoms with van der Waals surface area (Å²) in [6.45, 7) is 3.60. The van der Waals surface area contributed by atoms with Gasteiger partial charge in [-0.15, -0.1) is 0 Å². The zero-order valence-corrected chi connectivity index (χ0v) is 11.6. The molecule has 0 aromatic heterocycles. The van der Waals surface area contributed by atoms with Crippen molar-refractivity contribution in [2.75, 3.05) is 32.1 Å². The van der Waals surface area contributed by atoms with Crippen LogP contribution in [0, 0.1) is 12.8 Å². The van der Waals surface area contributed by atoms with Gasteiger partial charge in [-0.05, 0) is 37.8 Å². The first-order chi connectivity index (χ1) is 9.15. The van der Waals surface area contributed by atoms with Crippen LogP contribution in [0.4, 0.5) is 5.69 Å². The van der Waals surface area contributed by atoms with E-state index in [-0.39, 0.29) is 18.4 Å². The van der Waals surface area contributed by atoms with E-state index < -0.39 is 0 Å². The third-order valence-corrected chi connectivity index (χ3v) is 3.74. The Kier molecular flexibility index (Phi) is 4.43. The van der Waals surface area contributed by atoms with Crippen LogP contribution in [0.1, 0.15) is 28.8 Å². The molecule has 0 aliphatic carbocycles. The Labute approximate surface area is 114 Å². The Morgan fingerprint density at radius 3 is 3.00 bits per heavy atom. The van der Waals surface area contributed by atoms with Crippen LogP contribution in [0.3, 0.4) is 0 Å². The second-order valence-electron chi connectivity index (χ2n) is 5.24. The molecule has 104 valence electrons. The molecule has 0 spiro atoms. The van der Waals surface area contributed by atoms with Gasteiger partial charge in [0, 0.05) is 32.4 Å². The molecule has 19 heavy (non-hydrogen) atoms. The summed E-state index contributed by atoms with van der Waals surface area (Å²) in [5.41, 5.74) is 2.67. The van der Waals surface area contributed by atoms with Crippen LogP contribution in [0.2, 0.25) is 0 Å². The van der Waals surface area contributed by atoms with Crippen molar-refractivity contribution in [3.8, 4) is 0 Å². The van der Waals surface area contributed by atoms with E-state index in [4.69, 9.17) is 0 Å². The SMILES string of the molecule is CNc1ccc(C)cc1C(=O)N1CCCC(CO)C1. The molecule has 0 saturated carbocycles. The molecule has 1 aliphatic heterocycles. The number of benzene rings is 1. The van der Waals surface area contributed by atoms with Gasteiger partial charge in [0.05, 0.1) is 5.56 Å². The Hall–Kier alpha value is -1.55. The Morgan fingerprint density at radius 1 is 1.53 bits per heavy atom. The second-order valence-corrected chi connectivity index (χ2v) is 5.24. The Bertz CT molecular complexity index is 459. The minimum Gasteiger partial charge on any atom is -0.396 e. The average molecular weight is 262 g/mol. The van der Waals surface area contributed by atoms with Gasteiger partial charge in [0.15, 0.2) is 0 Å². The zero-order valence-electron chi connectivity index (χ0n) is 11.6. The topological polar surface area (TPSA) is 52.6 Å². The highest BCUT2D eigenvalue weighted by atomic mass is 16.3. The minimum absolute atomic E-state index is 0.0613. The Balaban J connectivity index is 2.21. The molecule has 1 amide bonds. The third-order valence-electron chi connectivity index (χ3n) is 3.74. The lowest BCUT2D eigenvalue weighted by Gasteiger charge is -2.32. The van der Waals surface area contributed by atoms with Crippen molar-refractivity contribution in [1.29, 1.82) is 0 Å². The van der Waals surface area contributed by atoms with Crippen molar-refractivity contribution in [1.82, 2.24) is 4.90 Å². The summed E-state index contributed by atoms with van der Waals surface area (Å²) in [5, 5.41) is 12.3. The van der Waals surface area contributed by atoms with Crippen LogP contribution < -0.4 is 5.32 Å². The van der Waals surface area contributed by atoms with Crippen molar-refractivity contribution >= 4 is 11.6 Å². The molecule has 1 aromatic rings. The number of carbonyl (C=O) groups is 1. The number of likely N-dealkylation sites (tertiary alicyclic amines) is 1. The largest absolute Gasteiger partial charge is 0.396 e. The van der Waals surface area contributed by atoms with Crippen LogP contribution in [-0.2, 0) is 0 Å². The van der Waals surface area contributed by atoms with Crippen molar-refractivity contribution in [2.45, 2.75) is 19.8 Å². The van der Waals surface area contributed by atoms with Gasteiger partial charge in [0.2, 0.25) is 0 Å². The fourth-order valence-electron chi connectivity index (χ4n) is 2.62. The molecular weight excluding hydrogens is 240 g/mol. The van der Waals surface area contributed by atoms with Crippen LogP contribution in [0.25, 0.3) is 0 Å². The van der Waals surface area contributed by atoms with Crippen LogP contribution in [-0.4, -0.2) is 42.7 Å². The van der Waals surface area contributed by atoms with Gasteiger partial charge in [-0.3, -0.25) is 4.79 Å². The number of aliphatic hydroxyl groups excluding tert-OH is 1. The lowest BCUT2D eigenvalue weighted by molar-refractivity contribution is 0.0621. The number of piperidine rings is 1. The van der Waals surface area contributed by atoms with E-state index >= 15 is 0 Å². The molecule has 1 fully saturated rings. The first-order valence-corrected chi connectivity index (χ1v) is 6.84. The van der Waals surface area contributed by atoms with E-state index in [1.165, 1.54) is 0 Å². The predicted molar refractivity (Wildman–Crippen MR) is 76.4 cm³/mol. The third kappa shape index (κ3) is 3.07. The van der Waals surface area contributed by atoms with Crippen LogP contribution in [0.15, 0.2) is 18.2 Å². The molecule has 0 radical (unpaired) electrons. The van der Waals surface area contributed by atoms with Crippen molar-refractivity contribution in [2.24, 2.45) is 5.92 Å². The number of hydrogen-bond acceptors (Lipinski definition) is 3. The first kappa shape index (κ1) is 13.9.